The van der Waals surface area contributed by atoms with Crippen LogP contribution in [0, 0.1) is 19.3 Å². The second kappa shape index (κ2) is 12.5. The molecule has 8 rings (SSSR count). The van der Waals surface area contributed by atoms with Crippen LogP contribution in [0.5, 0.6) is 5.88 Å². The van der Waals surface area contributed by atoms with Crippen molar-refractivity contribution in [3.8, 4) is 17.1 Å². The van der Waals surface area contributed by atoms with Crippen LogP contribution in [-0.2, 0) is 16.6 Å². The summed E-state index contributed by atoms with van der Waals surface area (Å²) in [5, 5.41) is 0. The summed E-state index contributed by atoms with van der Waals surface area (Å²) in [5.74, 6) is 1.09. The summed E-state index contributed by atoms with van der Waals surface area (Å²) in [5.41, 5.74) is 5.69. The maximum absolute atomic E-state index is 14.5. The lowest BCUT2D eigenvalue weighted by molar-refractivity contribution is 0.0563. The van der Waals surface area contributed by atoms with E-state index in [1.807, 2.05) is 38.1 Å². The summed E-state index contributed by atoms with van der Waals surface area (Å²) in [6.45, 7) is 6.55. The molecule has 2 fully saturated rings. The molecule has 0 saturated heterocycles. The number of amides is 1. The standard InChI is InChI=1S/C38H40N6O5S.H2/c1-23-7-4-8-24(2)34(23)30-19-33-42-37(41-30)43-50(46,47)29-11-5-9-26(17-29)36(45)44(28(22-48-33)10-6-14-38(3)15-16-38)21-27-20-39-35-31(40-27)18-32(49-35)25-12-13-25;/h4-5,7-9,11,17-20,25,28H,6,10,12-16,21-22H2,1-3H3,(H,41,42,43);1H. The molecule has 0 radical (unpaired) electrons. The van der Waals surface area contributed by atoms with Crippen LogP contribution in [0.4, 0.5) is 5.95 Å². The van der Waals surface area contributed by atoms with E-state index in [-0.39, 0.29) is 48.8 Å². The normalized spacial score (nSPS) is 19.5. The summed E-state index contributed by atoms with van der Waals surface area (Å²) in [7, 11) is -4.17. The van der Waals surface area contributed by atoms with Crippen LogP contribution in [0.2, 0.25) is 0 Å². The molecule has 1 unspecified atom stereocenters. The number of rotatable bonds is 8. The zero-order chi connectivity index (χ0) is 34.6. The van der Waals surface area contributed by atoms with Gasteiger partial charge in [0.25, 0.3) is 15.9 Å². The molecule has 50 heavy (non-hydrogen) atoms. The van der Waals surface area contributed by atoms with Gasteiger partial charge >= 0.3 is 0 Å². The van der Waals surface area contributed by atoms with Gasteiger partial charge in [0.2, 0.25) is 17.5 Å². The van der Waals surface area contributed by atoms with E-state index in [1.54, 1.807) is 29.3 Å². The highest BCUT2D eigenvalue weighted by molar-refractivity contribution is 7.92. The Hall–Kier alpha value is -4.84. The third-order valence-electron chi connectivity index (χ3n) is 10.2. The summed E-state index contributed by atoms with van der Waals surface area (Å²) >= 11 is 0. The van der Waals surface area contributed by atoms with Gasteiger partial charge in [-0.05, 0) is 87.1 Å². The SMILES string of the molecule is Cc1cccc(C)c1-c1cc2nc(n1)NS(=O)(=O)c1cccc(c1)C(=O)N(Cc1cnc3oc(C4CC4)cc3n1)C(CCCC1(C)CC1)CO2.[HH]. The fraction of sp³-hybridized carbons (Fsp3) is 0.395. The zero-order valence-electron chi connectivity index (χ0n) is 28.5. The molecule has 1 aliphatic heterocycles. The van der Waals surface area contributed by atoms with Crippen LogP contribution >= 0.6 is 0 Å². The minimum Gasteiger partial charge on any atom is -0.475 e. The highest BCUT2D eigenvalue weighted by atomic mass is 32.2. The molecule has 2 aliphatic carbocycles. The largest absolute Gasteiger partial charge is 0.475 e. The topological polar surface area (TPSA) is 140 Å². The number of benzene rings is 2. The van der Waals surface area contributed by atoms with Gasteiger partial charge in [-0.1, -0.05) is 37.6 Å². The number of furan rings is 1. The Bertz CT molecular complexity index is 2210. The van der Waals surface area contributed by atoms with Gasteiger partial charge in [-0.2, -0.15) is 4.98 Å². The predicted molar refractivity (Wildman–Crippen MR) is 190 cm³/mol. The summed E-state index contributed by atoms with van der Waals surface area (Å²) in [6.07, 6.45) is 8.87. The molecule has 1 atom stereocenters. The Balaban J connectivity index is 0.00000406. The molecule has 0 spiro atoms. The molecule has 12 heteroatoms. The van der Waals surface area contributed by atoms with Gasteiger partial charge in [0, 0.05) is 30.6 Å². The number of hydrogen-bond acceptors (Lipinski definition) is 9. The first kappa shape index (κ1) is 32.4. The van der Waals surface area contributed by atoms with Crippen molar-refractivity contribution in [2.75, 3.05) is 11.3 Å². The fourth-order valence-corrected chi connectivity index (χ4v) is 7.83. The Labute approximate surface area is 293 Å². The second-order valence-electron chi connectivity index (χ2n) is 14.4. The summed E-state index contributed by atoms with van der Waals surface area (Å²) in [6, 6.07) is 15.3. The number of ether oxygens (including phenoxy) is 1. The average molecular weight is 695 g/mol. The molecule has 260 valence electrons. The molecule has 4 heterocycles. The first-order valence-electron chi connectivity index (χ1n) is 17.3. The van der Waals surface area contributed by atoms with E-state index in [9.17, 15) is 13.2 Å². The van der Waals surface area contributed by atoms with Crippen LogP contribution < -0.4 is 9.46 Å². The number of hydrogen-bond donors (Lipinski definition) is 1. The van der Waals surface area contributed by atoms with Crippen molar-refractivity contribution >= 4 is 33.1 Å². The van der Waals surface area contributed by atoms with Crippen molar-refractivity contribution in [1.82, 2.24) is 24.8 Å². The minimum absolute atomic E-state index is 0. The fourth-order valence-electron chi connectivity index (χ4n) is 6.84. The maximum atomic E-state index is 14.5. The van der Waals surface area contributed by atoms with Crippen LogP contribution in [0.1, 0.15) is 92.2 Å². The van der Waals surface area contributed by atoms with Crippen LogP contribution in [0.3, 0.4) is 0 Å². The lowest BCUT2D eigenvalue weighted by Gasteiger charge is -2.32. The molecule has 1 N–H and O–H groups in total. The van der Waals surface area contributed by atoms with Crippen molar-refractivity contribution in [2.45, 2.75) is 89.1 Å². The number of anilines is 1. The molecule has 2 aromatic carbocycles. The monoisotopic (exact) mass is 694 g/mol. The van der Waals surface area contributed by atoms with Crippen molar-refractivity contribution in [1.29, 1.82) is 0 Å². The van der Waals surface area contributed by atoms with E-state index in [1.165, 1.54) is 25.0 Å². The second-order valence-corrected chi connectivity index (χ2v) is 16.1. The van der Waals surface area contributed by atoms with E-state index in [0.29, 0.717) is 40.4 Å². The van der Waals surface area contributed by atoms with Crippen molar-refractivity contribution < 1.29 is 23.8 Å². The maximum Gasteiger partial charge on any atom is 0.264 e. The van der Waals surface area contributed by atoms with Gasteiger partial charge in [-0.3, -0.25) is 4.79 Å². The van der Waals surface area contributed by atoms with Crippen LogP contribution in [0.25, 0.3) is 22.5 Å². The van der Waals surface area contributed by atoms with E-state index in [0.717, 1.165) is 48.1 Å². The molecular weight excluding hydrogens is 653 g/mol. The number of carbonyl (C=O) groups excluding carboxylic acids is 1. The third kappa shape index (κ3) is 6.68. The molecule has 3 aromatic heterocycles. The highest BCUT2D eigenvalue weighted by Gasteiger charge is 2.37. The quantitative estimate of drug-likeness (QED) is 0.174. The van der Waals surface area contributed by atoms with Gasteiger partial charge in [0.05, 0.1) is 35.1 Å². The molecule has 1 amide bonds. The van der Waals surface area contributed by atoms with Crippen LogP contribution in [0.15, 0.2) is 70.1 Å². The van der Waals surface area contributed by atoms with E-state index in [4.69, 9.17) is 14.1 Å². The van der Waals surface area contributed by atoms with E-state index in [2.05, 4.69) is 26.6 Å². The van der Waals surface area contributed by atoms with E-state index >= 15 is 0 Å². The lowest BCUT2D eigenvalue weighted by Crippen LogP contribution is -2.43. The first-order valence-corrected chi connectivity index (χ1v) is 18.8. The number of fused-ring (bicyclic) bond motifs is 5. The van der Waals surface area contributed by atoms with Crippen LogP contribution in [-0.4, -0.2) is 51.8 Å². The predicted octanol–water partition coefficient (Wildman–Crippen LogP) is 7.59. The molecule has 5 aromatic rings. The van der Waals surface area contributed by atoms with Gasteiger partial charge in [-0.25, -0.2) is 28.1 Å². The number of nitrogens with one attached hydrogen (secondary N) is 1. The number of carbonyl (C=O) groups is 1. The molecule has 4 bridgehead atoms. The third-order valence-corrected chi connectivity index (χ3v) is 11.5. The smallest absolute Gasteiger partial charge is 0.264 e. The number of aryl methyl sites for hydroxylation is 2. The highest BCUT2D eigenvalue weighted by Crippen LogP contribution is 2.49. The number of nitrogens with zero attached hydrogens (tertiary/aromatic N) is 5. The van der Waals surface area contributed by atoms with Crippen molar-refractivity contribution in [2.24, 2.45) is 5.41 Å². The molecule has 3 aliphatic rings. The Morgan fingerprint density at radius 2 is 1.80 bits per heavy atom. The van der Waals surface area contributed by atoms with E-state index < -0.39 is 10.0 Å². The first-order chi connectivity index (χ1) is 24.0. The van der Waals surface area contributed by atoms with Crippen molar-refractivity contribution in [3.63, 3.8) is 0 Å². The molecule has 11 nitrogen and oxygen atoms in total. The van der Waals surface area contributed by atoms with Crippen molar-refractivity contribution in [3.05, 3.63) is 88.9 Å². The summed E-state index contributed by atoms with van der Waals surface area (Å²) in [4.78, 5) is 34.8. The summed E-state index contributed by atoms with van der Waals surface area (Å²) < 4.78 is 42.4. The van der Waals surface area contributed by atoms with Gasteiger partial charge in [0.1, 0.15) is 17.9 Å². The Morgan fingerprint density at radius 3 is 2.56 bits per heavy atom. The van der Waals surface area contributed by atoms with Gasteiger partial charge < -0.3 is 14.1 Å². The molecular formula is C38H42N6O5S. The minimum atomic E-state index is -4.17. The molecule has 2 saturated carbocycles. The zero-order valence-corrected chi connectivity index (χ0v) is 29.3. The Kier molecular flexibility index (Phi) is 8.08. The Morgan fingerprint density at radius 1 is 1.02 bits per heavy atom. The lowest BCUT2D eigenvalue weighted by atomic mass is 9.98. The average Bonchev–Trinajstić information content (AvgIpc) is 4.02. The van der Waals surface area contributed by atoms with Gasteiger partial charge in [-0.15, -0.1) is 0 Å². The number of aromatic nitrogens is 4. The number of sulfonamides is 1. The van der Waals surface area contributed by atoms with Gasteiger partial charge in [0.15, 0.2) is 0 Å².